The summed E-state index contributed by atoms with van der Waals surface area (Å²) in [5.41, 5.74) is 5.74. The second-order valence-electron chi connectivity index (χ2n) is 2.94. The van der Waals surface area contributed by atoms with Crippen molar-refractivity contribution in [1.82, 2.24) is 0 Å². The zero-order valence-corrected chi connectivity index (χ0v) is 9.35. The summed E-state index contributed by atoms with van der Waals surface area (Å²) in [6, 6.07) is 0.500. The molecule has 0 aliphatic heterocycles. The second-order valence-corrected chi connectivity index (χ2v) is 3.58. The zero-order valence-electron chi connectivity index (χ0n) is 6.05. The Kier molecular flexibility index (Phi) is 6.07. The minimum atomic E-state index is 0. The van der Waals surface area contributed by atoms with Gasteiger partial charge in [-0.15, -0.1) is 17.0 Å². The van der Waals surface area contributed by atoms with E-state index in [1.807, 2.05) is 0 Å². The Morgan fingerprint density at radius 1 is 1.20 bits per heavy atom. The predicted molar refractivity (Wildman–Crippen MR) is 54.0 cm³/mol. The normalized spacial score (nSPS) is 33.0. The first-order chi connectivity index (χ1) is 4.33. The van der Waals surface area contributed by atoms with E-state index in [4.69, 9.17) is 5.73 Å². The first kappa shape index (κ1) is 10.9. The zero-order chi connectivity index (χ0) is 6.69. The SMILES string of the molecule is Br.NC1CCC(CBr)CC1. The van der Waals surface area contributed by atoms with Crippen molar-refractivity contribution in [3.63, 3.8) is 0 Å². The maximum Gasteiger partial charge on any atom is 0.00596 e. The third-order valence-corrected chi connectivity index (χ3v) is 3.03. The van der Waals surface area contributed by atoms with Crippen molar-refractivity contribution in [1.29, 1.82) is 0 Å². The Morgan fingerprint density at radius 2 is 1.70 bits per heavy atom. The van der Waals surface area contributed by atoms with Crippen molar-refractivity contribution in [3.8, 4) is 0 Å². The Balaban J connectivity index is 0.000000810. The topological polar surface area (TPSA) is 26.0 Å². The molecule has 1 aliphatic carbocycles. The first-order valence-corrected chi connectivity index (χ1v) is 4.76. The quantitative estimate of drug-likeness (QED) is 0.730. The van der Waals surface area contributed by atoms with Crippen LogP contribution in [0.15, 0.2) is 0 Å². The molecule has 1 saturated carbocycles. The summed E-state index contributed by atoms with van der Waals surface area (Å²) in [5, 5.41) is 1.17. The molecule has 0 aromatic heterocycles. The van der Waals surface area contributed by atoms with Gasteiger partial charge >= 0.3 is 0 Å². The van der Waals surface area contributed by atoms with Gasteiger partial charge < -0.3 is 5.73 Å². The fourth-order valence-electron chi connectivity index (χ4n) is 1.34. The number of halogens is 2. The van der Waals surface area contributed by atoms with E-state index in [1.165, 1.54) is 31.0 Å². The molecule has 0 saturated heterocycles. The summed E-state index contributed by atoms with van der Waals surface area (Å²) < 4.78 is 0. The Hall–Kier alpha value is 0.920. The van der Waals surface area contributed by atoms with Gasteiger partial charge in [0.25, 0.3) is 0 Å². The molecule has 0 spiro atoms. The van der Waals surface area contributed by atoms with Crippen LogP contribution in [0, 0.1) is 5.92 Å². The lowest BCUT2D eigenvalue weighted by Gasteiger charge is -2.23. The van der Waals surface area contributed by atoms with Crippen LogP contribution in [0.4, 0.5) is 0 Å². The molecule has 0 radical (unpaired) electrons. The van der Waals surface area contributed by atoms with E-state index < -0.39 is 0 Å². The molecular weight excluding hydrogens is 258 g/mol. The van der Waals surface area contributed by atoms with Crippen LogP contribution in [0.3, 0.4) is 0 Å². The molecule has 0 aromatic carbocycles. The summed E-state index contributed by atoms with van der Waals surface area (Å²) >= 11 is 3.49. The van der Waals surface area contributed by atoms with E-state index >= 15 is 0 Å². The number of nitrogens with two attached hydrogens (primary N) is 1. The molecular formula is C7H15Br2N. The molecule has 1 fully saturated rings. The van der Waals surface area contributed by atoms with Gasteiger partial charge in [-0.25, -0.2) is 0 Å². The van der Waals surface area contributed by atoms with E-state index in [-0.39, 0.29) is 17.0 Å². The third-order valence-electron chi connectivity index (χ3n) is 2.11. The van der Waals surface area contributed by atoms with Crippen LogP contribution in [0.25, 0.3) is 0 Å². The minimum absolute atomic E-state index is 0. The summed E-state index contributed by atoms with van der Waals surface area (Å²) in [6.07, 6.45) is 5.12. The lowest BCUT2D eigenvalue weighted by atomic mass is 9.88. The molecule has 3 heteroatoms. The summed E-state index contributed by atoms with van der Waals surface area (Å²) in [7, 11) is 0. The van der Waals surface area contributed by atoms with Gasteiger partial charge in [-0.1, -0.05) is 15.9 Å². The van der Waals surface area contributed by atoms with E-state index in [0.29, 0.717) is 6.04 Å². The summed E-state index contributed by atoms with van der Waals surface area (Å²) in [4.78, 5) is 0. The lowest BCUT2D eigenvalue weighted by molar-refractivity contribution is 0.354. The fourth-order valence-corrected chi connectivity index (χ4v) is 1.99. The van der Waals surface area contributed by atoms with Crippen LogP contribution in [0.2, 0.25) is 0 Å². The van der Waals surface area contributed by atoms with E-state index in [0.717, 1.165) is 5.92 Å². The Morgan fingerprint density at radius 3 is 2.10 bits per heavy atom. The maximum atomic E-state index is 5.74. The molecule has 0 unspecified atom stereocenters. The molecule has 0 amide bonds. The Labute approximate surface area is 81.6 Å². The molecule has 1 rings (SSSR count). The average Bonchev–Trinajstić information content (AvgIpc) is 1.90. The molecule has 2 N–H and O–H groups in total. The van der Waals surface area contributed by atoms with Crippen LogP contribution >= 0.6 is 32.9 Å². The molecule has 0 aromatic rings. The largest absolute Gasteiger partial charge is 0.328 e. The van der Waals surface area contributed by atoms with Gasteiger partial charge in [-0.2, -0.15) is 0 Å². The van der Waals surface area contributed by atoms with Crippen molar-refractivity contribution >= 4 is 32.9 Å². The number of hydrogen-bond acceptors (Lipinski definition) is 1. The van der Waals surface area contributed by atoms with Crippen molar-refractivity contribution in [2.24, 2.45) is 11.7 Å². The smallest absolute Gasteiger partial charge is 0.00596 e. The van der Waals surface area contributed by atoms with Crippen LogP contribution < -0.4 is 5.73 Å². The number of alkyl halides is 1. The van der Waals surface area contributed by atoms with Crippen LogP contribution in [0.1, 0.15) is 25.7 Å². The minimum Gasteiger partial charge on any atom is -0.328 e. The highest BCUT2D eigenvalue weighted by atomic mass is 79.9. The van der Waals surface area contributed by atoms with Crippen molar-refractivity contribution in [2.75, 3.05) is 5.33 Å². The van der Waals surface area contributed by atoms with Gasteiger partial charge in [0.1, 0.15) is 0 Å². The van der Waals surface area contributed by atoms with Gasteiger partial charge in [-0.05, 0) is 31.6 Å². The van der Waals surface area contributed by atoms with Gasteiger partial charge in [0.15, 0.2) is 0 Å². The molecule has 62 valence electrons. The van der Waals surface area contributed by atoms with Crippen LogP contribution in [-0.2, 0) is 0 Å². The second kappa shape index (κ2) is 5.56. The maximum absolute atomic E-state index is 5.74. The van der Waals surface area contributed by atoms with Crippen molar-refractivity contribution < 1.29 is 0 Å². The standard InChI is InChI=1S/C7H14BrN.BrH/c8-5-6-1-3-7(9)4-2-6;/h6-7H,1-5,9H2;1H. The van der Waals surface area contributed by atoms with Crippen molar-refractivity contribution in [2.45, 2.75) is 31.7 Å². The fraction of sp³-hybridized carbons (Fsp3) is 1.00. The average molecular weight is 273 g/mol. The van der Waals surface area contributed by atoms with E-state index in [1.54, 1.807) is 0 Å². The van der Waals surface area contributed by atoms with Gasteiger partial charge in [-0.3, -0.25) is 0 Å². The Bertz CT molecular complexity index is 79.7. The molecule has 1 nitrogen and oxygen atoms in total. The molecule has 1 aliphatic rings. The van der Waals surface area contributed by atoms with Crippen LogP contribution in [0.5, 0.6) is 0 Å². The highest BCUT2D eigenvalue weighted by Crippen LogP contribution is 2.24. The van der Waals surface area contributed by atoms with Gasteiger partial charge in [0.2, 0.25) is 0 Å². The molecule has 10 heavy (non-hydrogen) atoms. The van der Waals surface area contributed by atoms with Crippen molar-refractivity contribution in [3.05, 3.63) is 0 Å². The van der Waals surface area contributed by atoms with E-state index in [9.17, 15) is 0 Å². The molecule has 0 heterocycles. The first-order valence-electron chi connectivity index (χ1n) is 3.64. The highest BCUT2D eigenvalue weighted by Gasteiger charge is 2.16. The predicted octanol–water partition coefficient (Wildman–Crippen LogP) is 2.48. The van der Waals surface area contributed by atoms with Gasteiger partial charge in [0.05, 0.1) is 0 Å². The molecule has 0 bridgehead atoms. The highest BCUT2D eigenvalue weighted by molar-refractivity contribution is 9.09. The van der Waals surface area contributed by atoms with Crippen LogP contribution in [-0.4, -0.2) is 11.4 Å². The number of hydrogen-bond donors (Lipinski definition) is 1. The van der Waals surface area contributed by atoms with Gasteiger partial charge in [0, 0.05) is 11.4 Å². The summed E-state index contributed by atoms with van der Waals surface area (Å²) in [6.45, 7) is 0. The third kappa shape index (κ3) is 3.35. The summed E-state index contributed by atoms with van der Waals surface area (Å²) in [5.74, 6) is 0.907. The molecule has 0 atom stereocenters. The number of rotatable bonds is 1. The van der Waals surface area contributed by atoms with E-state index in [2.05, 4.69) is 15.9 Å². The monoisotopic (exact) mass is 271 g/mol. The lowest BCUT2D eigenvalue weighted by Crippen LogP contribution is -2.26.